The number of hydrogen-bond donors (Lipinski definition) is 4. The summed E-state index contributed by atoms with van der Waals surface area (Å²) in [5.41, 5.74) is 10.3. The molecule has 0 spiro atoms. The molecule has 2 rings (SSSR count). The SMILES string of the molecule is C=C/C=C1/NC(=O)C(=C\C(N)=C(\C=C\C)CC(=O)NCCCNCCCC)/C1=C(/C)C1=CC=CCC(F)=C1. The normalized spacial score (nSPS) is 19.7. The summed E-state index contributed by atoms with van der Waals surface area (Å²) in [6, 6.07) is 0. The summed E-state index contributed by atoms with van der Waals surface area (Å²) in [6.45, 7) is 12.0. The van der Waals surface area contributed by atoms with E-state index in [1.165, 1.54) is 6.08 Å². The molecular formula is C31H41FN4O2. The van der Waals surface area contributed by atoms with Crippen LogP contribution in [0.2, 0.25) is 0 Å². The van der Waals surface area contributed by atoms with Gasteiger partial charge in [-0.3, -0.25) is 9.59 Å². The molecule has 6 nitrogen and oxygen atoms in total. The molecule has 0 radical (unpaired) electrons. The maximum atomic E-state index is 14.2. The second-order valence-corrected chi connectivity index (χ2v) is 9.14. The highest BCUT2D eigenvalue weighted by Crippen LogP contribution is 2.34. The van der Waals surface area contributed by atoms with E-state index in [-0.39, 0.29) is 30.5 Å². The van der Waals surface area contributed by atoms with Gasteiger partial charge in [-0.15, -0.1) is 0 Å². The van der Waals surface area contributed by atoms with Crippen LogP contribution in [0.25, 0.3) is 0 Å². The summed E-state index contributed by atoms with van der Waals surface area (Å²) in [7, 11) is 0. The number of halogens is 1. The Morgan fingerprint density at radius 3 is 2.74 bits per heavy atom. The summed E-state index contributed by atoms with van der Waals surface area (Å²) in [4.78, 5) is 25.6. The van der Waals surface area contributed by atoms with Crippen LogP contribution in [-0.2, 0) is 9.59 Å². The molecule has 5 N–H and O–H groups in total. The Morgan fingerprint density at radius 1 is 1.26 bits per heavy atom. The zero-order valence-corrected chi connectivity index (χ0v) is 22.8. The lowest BCUT2D eigenvalue weighted by Gasteiger charge is -2.11. The van der Waals surface area contributed by atoms with Crippen LogP contribution in [0.5, 0.6) is 0 Å². The fourth-order valence-corrected chi connectivity index (χ4v) is 4.11. The van der Waals surface area contributed by atoms with Crippen molar-refractivity contribution in [2.75, 3.05) is 19.6 Å². The number of unbranched alkanes of at least 4 members (excludes halogenated alkanes) is 1. The number of allylic oxidation sites excluding steroid dienone is 13. The summed E-state index contributed by atoms with van der Waals surface area (Å²) in [6.07, 6.45) is 18.7. The monoisotopic (exact) mass is 520 g/mol. The summed E-state index contributed by atoms with van der Waals surface area (Å²) < 4.78 is 14.2. The maximum absolute atomic E-state index is 14.2. The largest absolute Gasteiger partial charge is 0.398 e. The number of carbonyl (C=O) groups excluding carboxylic acids is 2. The Kier molecular flexibility index (Phi) is 13.0. The van der Waals surface area contributed by atoms with E-state index in [1.807, 2.05) is 26.0 Å². The first kappa shape index (κ1) is 30.5. The van der Waals surface area contributed by atoms with E-state index in [1.54, 1.807) is 36.5 Å². The average Bonchev–Trinajstić information content (AvgIpc) is 3.03. The molecule has 0 aromatic carbocycles. The topological polar surface area (TPSA) is 96.2 Å². The molecule has 2 aliphatic rings. The van der Waals surface area contributed by atoms with Crippen LogP contribution in [0.4, 0.5) is 4.39 Å². The minimum absolute atomic E-state index is 0.0854. The van der Waals surface area contributed by atoms with Gasteiger partial charge in [0.2, 0.25) is 5.91 Å². The molecule has 0 aromatic rings. The van der Waals surface area contributed by atoms with Gasteiger partial charge in [-0.2, -0.15) is 0 Å². The van der Waals surface area contributed by atoms with Gasteiger partial charge in [-0.1, -0.05) is 56.4 Å². The predicted octanol–water partition coefficient (Wildman–Crippen LogP) is 5.24. The zero-order valence-electron chi connectivity index (χ0n) is 22.8. The Bertz CT molecular complexity index is 1150. The third-order valence-corrected chi connectivity index (χ3v) is 6.11. The first-order valence-electron chi connectivity index (χ1n) is 13.2. The molecule has 0 bridgehead atoms. The van der Waals surface area contributed by atoms with Gasteiger partial charge in [0.1, 0.15) is 5.83 Å². The Labute approximate surface area is 226 Å². The van der Waals surface area contributed by atoms with E-state index >= 15 is 0 Å². The van der Waals surface area contributed by atoms with E-state index < -0.39 is 0 Å². The van der Waals surface area contributed by atoms with Gasteiger partial charge in [0.25, 0.3) is 5.91 Å². The molecule has 1 heterocycles. The molecule has 1 aliphatic heterocycles. The lowest BCUT2D eigenvalue weighted by Crippen LogP contribution is -2.28. The van der Waals surface area contributed by atoms with E-state index in [4.69, 9.17) is 5.73 Å². The molecule has 1 fully saturated rings. The molecule has 0 unspecified atom stereocenters. The van der Waals surface area contributed by atoms with Crippen molar-refractivity contribution in [3.8, 4) is 0 Å². The third kappa shape index (κ3) is 9.30. The molecule has 204 valence electrons. The molecule has 0 aromatic heterocycles. The Balaban J connectivity index is 2.33. The highest BCUT2D eigenvalue weighted by Gasteiger charge is 2.29. The molecule has 2 amide bonds. The Hall–Kier alpha value is -3.71. The highest BCUT2D eigenvalue weighted by molar-refractivity contribution is 6.06. The van der Waals surface area contributed by atoms with Crippen molar-refractivity contribution in [1.29, 1.82) is 0 Å². The van der Waals surface area contributed by atoms with E-state index in [0.717, 1.165) is 37.9 Å². The van der Waals surface area contributed by atoms with Crippen molar-refractivity contribution >= 4 is 11.8 Å². The van der Waals surface area contributed by atoms with Gasteiger partial charge in [0.05, 0.1) is 12.0 Å². The van der Waals surface area contributed by atoms with Crippen molar-refractivity contribution < 1.29 is 14.0 Å². The van der Waals surface area contributed by atoms with Crippen LogP contribution >= 0.6 is 0 Å². The highest BCUT2D eigenvalue weighted by atomic mass is 19.1. The van der Waals surface area contributed by atoms with Gasteiger partial charge in [0.15, 0.2) is 0 Å². The van der Waals surface area contributed by atoms with Crippen molar-refractivity contribution in [2.45, 2.75) is 52.9 Å². The summed E-state index contributed by atoms with van der Waals surface area (Å²) in [5.74, 6) is -0.733. The van der Waals surface area contributed by atoms with Crippen molar-refractivity contribution in [2.24, 2.45) is 5.73 Å². The average molecular weight is 521 g/mol. The third-order valence-electron chi connectivity index (χ3n) is 6.11. The van der Waals surface area contributed by atoms with Crippen LogP contribution in [0, 0.1) is 0 Å². The van der Waals surface area contributed by atoms with Crippen molar-refractivity contribution in [3.05, 3.63) is 106 Å². The lowest BCUT2D eigenvalue weighted by atomic mass is 9.93. The molecule has 1 aliphatic carbocycles. The number of amides is 2. The van der Waals surface area contributed by atoms with Crippen LogP contribution in [0.15, 0.2) is 106 Å². The minimum Gasteiger partial charge on any atom is -0.398 e. The number of carbonyl (C=O) groups is 2. The van der Waals surface area contributed by atoms with Crippen LogP contribution in [0.3, 0.4) is 0 Å². The number of nitrogens with two attached hydrogens (primary N) is 1. The number of rotatable bonds is 13. The van der Waals surface area contributed by atoms with E-state index in [2.05, 4.69) is 29.5 Å². The first-order chi connectivity index (χ1) is 18.3. The molecule has 0 atom stereocenters. The zero-order chi connectivity index (χ0) is 27.9. The second kappa shape index (κ2) is 16.2. The van der Waals surface area contributed by atoms with Crippen molar-refractivity contribution in [1.82, 2.24) is 16.0 Å². The van der Waals surface area contributed by atoms with Gasteiger partial charge in [-0.25, -0.2) is 4.39 Å². The standard InChI is InChI=1S/C31H41FN4O2/c1-5-8-16-34-17-11-18-35-29(37)20-24(12-6-2)27(33)21-26-30(28(13-7-3)36-31(26)38)22(4)23-14-9-10-15-25(32)19-23/h6-7,9-10,12-14,19,21,34H,3,5,8,11,15-18,20,33H2,1-2,4H3,(H,35,37)(H,36,38)/b12-6+,26-21-,27-24+,28-13+,30-22+. The molecular weight excluding hydrogens is 479 g/mol. The fraction of sp³-hybridized carbons (Fsp3) is 0.355. The molecule has 1 saturated heterocycles. The Morgan fingerprint density at radius 2 is 2.03 bits per heavy atom. The molecule has 38 heavy (non-hydrogen) atoms. The number of hydrogen-bond acceptors (Lipinski definition) is 4. The maximum Gasteiger partial charge on any atom is 0.256 e. The van der Waals surface area contributed by atoms with Gasteiger partial charge in [-0.05, 0) is 74.7 Å². The van der Waals surface area contributed by atoms with Crippen LogP contribution in [-0.4, -0.2) is 31.4 Å². The lowest BCUT2D eigenvalue weighted by molar-refractivity contribution is -0.120. The van der Waals surface area contributed by atoms with Gasteiger partial charge < -0.3 is 21.7 Å². The summed E-state index contributed by atoms with van der Waals surface area (Å²) in [5, 5.41) is 9.15. The quantitative estimate of drug-likeness (QED) is 0.152. The van der Waals surface area contributed by atoms with Crippen LogP contribution < -0.4 is 21.7 Å². The number of nitrogens with one attached hydrogen (secondary N) is 3. The smallest absolute Gasteiger partial charge is 0.256 e. The second-order valence-electron chi connectivity index (χ2n) is 9.14. The van der Waals surface area contributed by atoms with Crippen LogP contribution in [0.1, 0.15) is 52.9 Å². The van der Waals surface area contributed by atoms with Gasteiger partial charge >= 0.3 is 0 Å². The fourth-order valence-electron chi connectivity index (χ4n) is 4.11. The van der Waals surface area contributed by atoms with E-state index in [9.17, 15) is 14.0 Å². The molecule has 0 saturated carbocycles. The summed E-state index contributed by atoms with van der Waals surface area (Å²) >= 11 is 0. The molecule has 7 heteroatoms. The first-order valence-corrected chi connectivity index (χ1v) is 13.2. The van der Waals surface area contributed by atoms with Gasteiger partial charge in [0, 0.05) is 29.9 Å². The van der Waals surface area contributed by atoms with Crippen molar-refractivity contribution in [3.63, 3.8) is 0 Å². The van der Waals surface area contributed by atoms with E-state index in [0.29, 0.717) is 40.2 Å². The minimum atomic E-state index is -0.329. The predicted molar refractivity (Wildman–Crippen MR) is 154 cm³/mol.